The summed E-state index contributed by atoms with van der Waals surface area (Å²) in [5.74, 6) is 0. The predicted octanol–water partition coefficient (Wildman–Crippen LogP) is 3.54. The van der Waals surface area contributed by atoms with E-state index >= 15 is 0 Å². The van der Waals surface area contributed by atoms with Crippen molar-refractivity contribution in [2.75, 3.05) is 11.4 Å². The van der Waals surface area contributed by atoms with Crippen LogP contribution in [-0.2, 0) is 0 Å². The lowest BCUT2D eigenvalue weighted by Gasteiger charge is -2.26. The highest BCUT2D eigenvalue weighted by Crippen LogP contribution is 2.36. The molecule has 0 saturated carbocycles. The van der Waals surface area contributed by atoms with Crippen molar-refractivity contribution in [1.29, 1.82) is 5.26 Å². The number of rotatable bonds is 0. The Morgan fingerprint density at radius 2 is 1.88 bits per heavy atom. The van der Waals surface area contributed by atoms with Crippen molar-refractivity contribution in [3.05, 3.63) is 48.5 Å². The van der Waals surface area contributed by atoms with Crippen molar-refractivity contribution < 1.29 is 0 Å². The van der Waals surface area contributed by atoms with Gasteiger partial charge in [-0.3, -0.25) is 4.90 Å². The summed E-state index contributed by atoms with van der Waals surface area (Å²) < 4.78 is 0. The van der Waals surface area contributed by atoms with Crippen molar-refractivity contribution in [2.24, 2.45) is 0 Å². The van der Waals surface area contributed by atoms with Crippen LogP contribution in [0.1, 0.15) is 12.0 Å². The minimum Gasteiger partial charge on any atom is -0.279 e. The Balaban J connectivity index is 2.32. The molecule has 1 aliphatic heterocycles. The third-order valence-electron chi connectivity index (χ3n) is 3.29. The molecular weight excluding hydrogens is 208 g/mol. The van der Waals surface area contributed by atoms with Gasteiger partial charge in [0.05, 0.1) is 5.69 Å². The minimum absolute atomic E-state index is 0.737. The molecular formula is C15H12N2. The summed E-state index contributed by atoms with van der Waals surface area (Å²) in [5.41, 5.74) is 3.22. The number of fused-ring (bicyclic) bond motifs is 2. The highest BCUT2D eigenvalue weighted by molar-refractivity contribution is 5.93. The minimum atomic E-state index is 0.737. The molecule has 0 aromatic heterocycles. The largest absolute Gasteiger partial charge is 0.279 e. The fourth-order valence-electron chi connectivity index (χ4n) is 2.34. The molecule has 2 nitrogen and oxygen atoms in total. The molecule has 0 saturated heterocycles. The Hall–Kier alpha value is -2.27. The van der Waals surface area contributed by atoms with Crippen LogP contribution < -0.4 is 4.90 Å². The average molecular weight is 220 g/mol. The van der Waals surface area contributed by atoms with E-state index in [-0.39, 0.29) is 0 Å². The van der Waals surface area contributed by atoms with Gasteiger partial charge >= 0.3 is 0 Å². The Morgan fingerprint density at radius 3 is 2.59 bits per heavy atom. The van der Waals surface area contributed by atoms with Gasteiger partial charge in [0, 0.05) is 12.1 Å². The number of benzene rings is 2. The van der Waals surface area contributed by atoms with E-state index < -0.39 is 0 Å². The topological polar surface area (TPSA) is 27.0 Å². The summed E-state index contributed by atoms with van der Waals surface area (Å²) >= 11 is 0. The van der Waals surface area contributed by atoms with Crippen molar-refractivity contribution >= 4 is 22.0 Å². The van der Waals surface area contributed by atoms with Gasteiger partial charge in [0.1, 0.15) is 0 Å². The smallest absolute Gasteiger partial charge is 0.184 e. The van der Waals surface area contributed by atoms with Crippen molar-refractivity contribution in [2.45, 2.75) is 6.42 Å². The first kappa shape index (κ1) is 9.92. The monoisotopic (exact) mass is 220 g/mol. The lowest BCUT2D eigenvalue weighted by molar-refractivity contribution is 0.928. The van der Waals surface area contributed by atoms with Crippen LogP contribution in [0, 0.1) is 11.5 Å². The molecule has 82 valence electrons. The molecule has 0 atom stereocenters. The quantitative estimate of drug-likeness (QED) is 0.635. The summed E-state index contributed by atoms with van der Waals surface area (Å²) in [7, 11) is 0. The van der Waals surface area contributed by atoms with Crippen LogP contribution in [0.15, 0.2) is 43.0 Å². The normalized spacial score (nSPS) is 14.5. The van der Waals surface area contributed by atoms with E-state index in [1.54, 1.807) is 4.90 Å². The first-order chi connectivity index (χ1) is 8.29. The Labute approximate surface area is 100 Å². The second-order valence-electron chi connectivity index (χ2n) is 4.32. The second kappa shape index (κ2) is 3.64. The fourth-order valence-corrected chi connectivity index (χ4v) is 2.34. The van der Waals surface area contributed by atoms with Gasteiger partial charge in [0.2, 0.25) is 0 Å². The number of anilines is 1. The molecule has 0 aliphatic carbocycles. The van der Waals surface area contributed by atoms with Crippen molar-refractivity contribution in [3.8, 4) is 6.19 Å². The Morgan fingerprint density at radius 1 is 1.18 bits per heavy atom. The van der Waals surface area contributed by atoms with Gasteiger partial charge in [-0.2, -0.15) is 5.26 Å². The van der Waals surface area contributed by atoms with Gasteiger partial charge in [-0.1, -0.05) is 30.8 Å². The van der Waals surface area contributed by atoms with Crippen LogP contribution in [0.25, 0.3) is 16.3 Å². The molecule has 0 amide bonds. The lowest BCUT2D eigenvalue weighted by atomic mass is 9.94. The lowest BCUT2D eigenvalue weighted by Crippen LogP contribution is -2.23. The first-order valence-corrected chi connectivity index (χ1v) is 5.68. The van der Waals surface area contributed by atoms with Crippen molar-refractivity contribution in [1.82, 2.24) is 0 Å². The standard InChI is InChI=1S/C15H12N2/c1-11-6-7-17(10-16)15-9-13-5-3-2-4-12(13)8-14(11)15/h2-5,8-9H,1,6-7H2. The first-order valence-electron chi connectivity index (χ1n) is 5.68. The zero-order chi connectivity index (χ0) is 11.8. The van der Waals surface area contributed by atoms with E-state index in [2.05, 4.69) is 37.0 Å². The SMILES string of the molecule is C=C1CCN(C#N)c2cc3ccccc3cc21. The van der Waals surface area contributed by atoms with Crippen LogP contribution in [0.3, 0.4) is 0 Å². The summed E-state index contributed by atoms with van der Waals surface area (Å²) in [6.45, 7) is 4.83. The Kier molecular flexibility index (Phi) is 2.12. The summed E-state index contributed by atoms with van der Waals surface area (Å²) in [6.07, 6.45) is 3.10. The van der Waals surface area contributed by atoms with E-state index in [4.69, 9.17) is 5.26 Å². The zero-order valence-electron chi connectivity index (χ0n) is 9.48. The maximum Gasteiger partial charge on any atom is 0.184 e. The third-order valence-corrected chi connectivity index (χ3v) is 3.29. The maximum absolute atomic E-state index is 9.14. The average Bonchev–Trinajstić information content (AvgIpc) is 2.38. The Bertz CT molecular complexity index is 650. The predicted molar refractivity (Wildman–Crippen MR) is 70.6 cm³/mol. The van der Waals surface area contributed by atoms with Crippen LogP contribution in [0.2, 0.25) is 0 Å². The molecule has 2 heteroatoms. The summed E-state index contributed by atoms with van der Waals surface area (Å²) in [6, 6.07) is 12.4. The molecule has 17 heavy (non-hydrogen) atoms. The fraction of sp³-hybridized carbons (Fsp3) is 0.133. The summed E-state index contributed by atoms with van der Waals surface area (Å²) in [5, 5.41) is 11.5. The molecule has 2 aromatic carbocycles. The van der Waals surface area contributed by atoms with Gasteiger partial charge in [-0.05, 0) is 34.9 Å². The molecule has 1 aliphatic rings. The van der Waals surface area contributed by atoms with Crippen LogP contribution in [0.5, 0.6) is 0 Å². The van der Waals surface area contributed by atoms with Gasteiger partial charge in [-0.15, -0.1) is 0 Å². The van der Waals surface area contributed by atoms with E-state index in [0.29, 0.717) is 0 Å². The number of nitrogens with zero attached hydrogens (tertiary/aromatic N) is 2. The van der Waals surface area contributed by atoms with Gasteiger partial charge < -0.3 is 0 Å². The number of nitriles is 1. The van der Waals surface area contributed by atoms with E-state index in [0.717, 1.165) is 29.8 Å². The third kappa shape index (κ3) is 1.48. The molecule has 0 unspecified atom stereocenters. The molecule has 0 N–H and O–H groups in total. The van der Waals surface area contributed by atoms with E-state index in [1.165, 1.54) is 10.8 Å². The summed E-state index contributed by atoms with van der Waals surface area (Å²) in [4.78, 5) is 1.75. The highest BCUT2D eigenvalue weighted by atomic mass is 15.1. The van der Waals surface area contributed by atoms with Gasteiger partial charge in [0.15, 0.2) is 6.19 Å². The molecule has 0 fully saturated rings. The van der Waals surface area contributed by atoms with E-state index in [1.807, 2.05) is 12.1 Å². The number of hydrogen-bond acceptors (Lipinski definition) is 2. The van der Waals surface area contributed by atoms with Gasteiger partial charge in [0.25, 0.3) is 0 Å². The zero-order valence-corrected chi connectivity index (χ0v) is 9.48. The molecule has 0 radical (unpaired) electrons. The second-order valence-corrected chi connectivity index (χ2v) is 4.32. The molecule has 2 aromatic rings. The molecule has 1 heterocycles. The van der Waals surface area contributed by atoms with Crippen LogP contribution in [0.4, 0.5) is 5.69 Å². The maximum atomic E-state index is 9.14. The molecule has 0 bridgehead atoms. The van der Waals surface area contributed by atoms with Crippen LogP contribution in [-0.4, -0.2) is 6.54 Å². The van der Waals surface area contributed by atoms with Gasteiger partial charge in [-0.25, -0.2) is 0 Å². The molecule has 3 rings (SSSR count). The number of hydrogen-bond donors (Lipinski definition) is 0. The van der Waals surface area contributed by atoms with Crippen LogP contribution >= 0.6 is 0 Å². The molecule has 0 spiro atoms. The van der Waals surface area contributed by atoms with Crippen molar-refractivity contribution in [3.63, 3.8) is 0 Å². The highest BCUT2D eigenvalue weighted by Gasteiger charge is 2.19. The van der Waals surface area contributed by atoms with E-state index in [9.17, 15) is 0 Å².